The Kier molecular flexibility index (Phi) is 11.1. The van der Waals surface area contributed by atoms with Crippen LogP contribution in [0, 0.1) is 11.8 Å². The summed E-state index contributed by atoms with van der Waals surface area (Å²) in [5.74, 6) is -12.3. The van der Waals surface area contributed by atoms with Crippen LogP contribution in [-0.2, 0) is 19.1 Å². The SMILES string of the molecule is CC(C)C(NC(=O)[C@@H]1CCCN1C(=O)[C@@H](NC(=O)c1ccc(C(=O)N2CCOCC2)cc1)C(C)C)C(=O)C(F)(F)C(F)(F)F. The summed E-state index contributed by atoms with van der Waals surface area (Å²) in [6.07, 6.45) is -5.75. The number of alkyl halides is 5. The zero-order chi connectivity index (χ0) is 33.0. The van der Waals surface area contributed by atoms with Crippen molar-refractivity contribution in [3.05, 3.63) is 35.4 Å². The van der Waals surface area contributed by atoms with Crippen LogP contribution in [0.5, 0.6) is 0 Å². The van der Waals surface area contributed by atoms with Crippen molar-refractivity contribution in [1.82, 2.24) is 20.4 Å². The number of carbonyl (C=O) groups is 5. The van der Waals surface area contributed by atoms with Crippen LogP contribution in [-0.4, -0.2) is 102 Å². The lowest BCUT2D eigenvalue weighted by molar-refractivity contribution is -0.270. The number of rotatable bonds is 10. The van der Waals surface area contributed by atoms with Crippen LogP contribution in [0.1, 0.15) is 61.3 Å². The van der Waals surface area contributed by atoms with E-state index in [-0.39, 0.29) is 24.4 Å². The van der Waals surface area contributed by atoms with E-state index in [0.717, 1.165) is 4.90 Å². The second-order valence-corrected chi connectivity index (χ2v) is 11.5. The van der Waals surface area contributed by atoms with E-state index in [4.69, 9.17) is 4.74 Å². The fourth-order valence-corrected chi connectivity index (χ4v) is 5.05. The average molecular weight is 633 g/mol. The lowest BCUT2D eigenvalue weighted by Crippen LogP contribution is -2.60. The first-order valence-corrected chi connectivity index (χ1v) is 14.3. The molecule has 1 unspecified atom stereocenters. The Bertz CT molecular complexity index is 1230. The lowest BCUT2D eigenvalue weighted by Gasteiger charge is -2.32. The van der Waals surface area contributed by atoms with Crippen LogP contribution in [0.2, 0.25) is 0 Å². The second kappa shape index (κ2) is 14.0. The van der Waals surface area contributed by atoms with Gasteiger partial charge in [-0.25, -0.2) is 0 Å². The number of ketones is 1. The van der Waals surface area contributed by atoms with E-state index in [9.17, 15) is 45.9 Å². The minimum absolute atomic E-state index is 0.0629. The van der Waals surface area contributed by atoms with Crippen molar-refractivity contribution in [2.24, 2.45) is 11.8 Å². The maximum absolute atomic E-state index is 13.8. The van der Waals surface area contributed by atoms with Crippen molar-refractivity contribution in [2.75, 3.05) is 32.8 Å². The Morgan fingerprint density at radius 1 is 0.818 bits per heavy atom. The van der Waals surface area contributed by atoms with Gasteiger partial charge in [0.05, 0.1) is 19.3 Å². The number of hydrogen-bond donors (Lipinski definition) is 2. The fourth-order valence-electron chi connectivity index (χ4n) is 5.05. The summed E-state index contributed by atoms with van der Waals surface area (Å²) in [5, 5.41) is 4.65. The average Bonchev–Trinajstić information content (AvgIpc) is 3.47. The van der Waals surface area contributed by atoms with Gasteiger partial charge in [-0.15, -0.1) is 0 Å². The van der Waals surface area contributed by atoms with Gasteiger partial charge in [-0.2, -0.15) is 22.0 Å². The molecular weight excluding hydrogens is 595 g/mol. The summed E-state index contributed by atoms with van der Waals surface area (Å²) in [6.45, 7) is 7.56. The Morgan fingerprint density at radius 2 is 1.36 bits per heavy atom. The van der Waals surface area contributed by atoms with Crippen molar-refractivity contribution in [2.45, 2.75) is 70.8 Å². The molecule has 0 radical (unpaired) electrons. The van der Waals surface area contributed by atoms with Gasteiger partial charge in [0.25, 0.3) is 11.8 Å². The van der Waals surface area contributed by atoms with E-state index < -0.39 is 65.6 Å². The van der Waals surface area contributed by atoms with E-state index in [0.29, 0.717) is 38.3 Å². The summed E-state index contributed by atoms with van der Waals surface area (Å²) in [7, 11) is 0. The number of hydrogen-bond acceptors (Lipinski definition) is 6. The van der Waals surface area contributed by atoms with Crippen LogP contribution >= 0.6 is 0 Å². The topological polar surface area (TPSA) is 125 Å². The molecule has 0 spiro atoms. The molecule has 3 atom stereocenters. The zero-order valence-corrected chi connectivity index (χ0v) is 24.9. The van der Waals surface area contributed by atoms with E-state index in [1.54, 1.807) is 18.7 Å². The van der Waals surface area contributed by atoms with Crippen LogP contribution in [0.3, 0.4) is 0 Å². The van der Waals surface area contributed by atoms with Crippen LogP contribution < -0.4 is 10.6 Å². The van der Waals surface area contributed by atoms with Gasteiger partial charge >= 0.3 is 12.1 Å². The summed E-state index contributed by atoms with van der Waals surface area (Å²) in [5.41, 5.74) is 0.540. The van der Waals surface area contributed by atoms with Gasteiger partial charge < -0.3 is 25.2 Å². The van der Waals surface area contributed by atoms with Gasteiger partial charge in [-0.1, -0.05) is 27.7 Å². The van der Waals surface area contributed by atoms with Crippen molar-refractivity contribution < 1.29 is 50.7 Å². The van der Waals surface area contributed by atoms with Crippen molar-refractivity contribution in [3.63, 3.8) is 0 Å². The molecule has 1 aromatic rings. The molecule has 2 saturated heterocycles. The molecule has 10 nitrogen and oxygen atoms in total. The summed E-state index contributed by atoms with van der Waals surface area (Å²) in [4.78, 5) is 67.4. The minimum Gasteiger partial charge on any atom is -0.378 e. The number of Topliss-reactive ketones (excluding diaryl/α,β-unsaturated/α-hetero) is 1. The van der Waals surface area contributed by atoms with E-state index >= 15 is 0 Å². The summed E-state index contributed by atoms with van der Waals surface area (Å²) in [6, 6.07) is 1.34. The molecule has 0 saturated carbocycles. The van der Waals surface area contributed by atoms with Crippen LogP contribution in [0.25, 0.3) is 0 Å². The zero-order valence-electron chi connectivity index (χ0n) is 24.9. The predicted octanol–water partition coefficient (Wildman–Crippen LogP) is 2.81. The number of likely N-dealkylation sites (tertiary alicyclic amines) is 1. The summed E-state index contributed by atoms with van der Waals surface area (Å²) < 4.78 is 71.4. The quantitative estimate of drug-likeness (QED) is 0.383. The first-order valence-electron chi connectivity index (χ1n) is 14.3. The van der Waals surface area contributed by atoms with E-state index in [1.165, 1.54) is 38.1 Å². The molecule has 3 rings (SSSR count). The van der Waals surface area contributed by atoms with Gasteiger partial charge in [0.2, 0.25) is 17.6 Å². The van der Waals surface area contributed by atoms with Gasteiger partial charge in [-0.3, -0.25) is 24.0 Å². The molecular formula is C29H37F5N4O6. The summed E-state index contributed by atoms with van der Waals surface area (Å²) >= 11 is 0. The molecule has 0 aromatic heterocycles. The molecule has 2 N–H and O–H groups in total. The highest BCUT2D eigenvalue weighted by Crippen LogP contribution is 2.37. The molecule has 15 heteroatoms. The third-order valence-corrected chi connectivity index (χ3v) is 7.66. The Balaban J connectivity index is 1.71. The van der Waals surface area contributed by atoms with Crippen molar-refractivity contribution >= 4 is 29.4 Å². The van der Waals surface area contributed by atoms with Gasteiger partial charge in [0, 0.05) is 30.8 Å². The van der Waals surface area contributed by atoms with E-state index in [1.807, 2.05) is 5.32 Å². The van der Waals surface area contributed by atoms with E-state index in [2.05, 4.69) is 5.32 Å². The number of halogens is 5. The second-order valence-electron chi connectivity index (χ2n) is 11.5. The number of ether oxygens (including phenoxy) is 1. The van der Waals surface area contributed by atoms with Gasteiger partial charge in [0.15, 0.2) is 0 Å². The number of amides is 4. The fraction of sp³-hybridized carbons (Fsp3) is 0.621. The number of nitrogens with zero attached hydrogens (tertiary/aromatic N) is 2. The molecule has 1 aromatic carbocycles. The maximum Gasteiger partial charge on any atom is 0.461 e. The first kappa shape index (κ1) is 34.9. The Morgan fingerprint density at radius 3 is 1.89 bits per heavy atom. The third-order valence-electron chi connectivity index (χ3n) is 7.66. The Labute approximate surface area is 251 Å². The highest BCUT2D eigenvalue weighted by Gasteiger charge is 2.64. The molecule has 2 fully saturated rings. The molecule has 4 amide bonds. The molecule has 0 aliphatic carbocycles. The largest absolute Gasteiger partial charge is 0.461 e. The molecule has 0 bridgehead atoms. The minimum atomic E-state index is -6.14. The highest BCUT2D eigenvalue weighted by molar-refractivity contribution is 6.01. The number of carbonyl (C=O) groups excluding carboxylic acids is 5. The molecule has 2 aliphatic rings. The van der Waals surface area contributed by atoms with Crippen molar-refractivity contribution in [1.29, 1.82) is 0 Å². The number of nitrogens with one attached hydrogen (secondary N) is 2. The molecule has 244 valence electrons. The first-order chi connectivity index (χ1) is 20.5. The van der Waals surface area contributed by atoms with Crippen molar-refractivity contribution in [3.8, 4) is 0 Å². The molecule has 2 heterocycles. The number of morpholine rings is 1. The monoisotopic (exact) mass is 632 g/mol. The predicted molar refractivity (Wildman–Crippen MR) is 147 cm³/mol. The van der Waals surface area contributed by atoms with Crippen LogP contribution in [0.15, 0.2) is 24.3 Å². The molecule has 2 aliphatic heterocycles. The highest BCUT2D eigenvalue weighted by atomic mass is 19.4. The third kappa shape index (κ3) is 7.71. The smallest absolute Gasteiger partial charge is 0.378 e. The maximum atomic E-state index is 13.8. The Hall–Kier alpha value is -3.62. The normalized spacial score (nSPS) is 19.1. The standard InChI is InChI=1S/C29H37F5N4O6/c1-16(2)21(23(39)28(30,31)29(32,33)34)35-25(41)20-6-5-11-38(20)27(43)22(17(3)4)36-24(40)18-7-9-19(10-8-18)26(42)37-12-14-44-15-13-37/h7-10,16-17,20-22H,5-6,11-15H2,1-4H3,(H,35,41)(H,36,40)/t20-,21?,22-/m0/s1. The van der Waals surface area contributed by atoms with Crippen LogP contribution in [0.4, 0.5) is 22.0 Å². The van der Waals surface area contributed by atoms with Gasteiger partial charge in [-0.05, 0) is 48.9 Å². The molecule has 44 heavy (non-hydrogen) atoms. The lowest BCUT2D eigenvalue weighted by atomic mass is 9.95. The van der Waals surface area contributed by atoms with Gasteiger partial charge in [0.1, 0.15) is 12.1 Å². The number of benzene rings is 1.